The number of aliphatic hydroxyl groups excluding tert-OH is 16. The summed E-state index contributed by atoms with van der Waals surface area (Å²) in [6, 6.07) is -3.48. The molecule has 31 nitrogen and oxygen atoms in total. The largest absolute Gasteiger partial charge is 0.394 e. The van der Waals surface area contributed by atoms with Gasteiger partial charge in [-0.05, 0) is 13.8 Å². The quantitative estimate of drug-likeness (QED) is 0.0682. The molecular weight excluding hydrogens is 972 g/mol. The van der Waals surface area contributed by atoms with Gasteiger partial charge in [0.25, 0.3) is 0 Å². The molecule has 31 heteroatoms. The lowest BCUT2D eigenvalue weighted by molar-refractivity contribution is -0.395. The van der Waals surface area contributed by atoms with Crippen LogP contribution in [-0.2, 0) is 61.7 Å². The van der Waals surface area contributed by atoms with E-state index in [9.17, 15) is 91.3 Å². The minimum Gasteiger partial charge on any atom is -0.394 e. The summed E-state index contributed by atoms with van der Waals surface area (Å²) in [6.45, 7) is 0.708. The maximum Gasteiger partial charge on any atom is 0.217 e. The molecule has 71 heavy (non-hydrogen) atoms. The zero-order valence-corrected chi connectivity index (χ0v) is 38.6. The first-order valence-electron chi connectivity index (χ1n) is 22.8. The molecule has 6 saturated heterocycles. The monoisotopic (exact) mass is 1040 g/mol. The van der Waals surface area contributed by atoms with Gasteiger partial charge in [0.05, 0.1) is 38.6 Å². The highest BCUT2D eigenvalue weighted by Crippen LogP contribution is 2.38. The van der Waals surface area contributed by atoms with Crippen LogP contribution in [-0.4, -0.2) is 304 Å². The van der Waals surface area contributed by atoms with Crippen LogP contribution < -0.4 is 10.6 Å². The van der Waals surface area contributed by atoms with Crippen molar-refractivity contribution in [3.63, 3.8) is 0 Å². The van der Waals surface area contributed by atoms with E-state index >= 15 is 0 Å². The normalized spacial score (nSPS) is 50.8. The predicted octanol–water partition coefficient (Wildman–Crippen LogP) is -11.8. The van der Waals surface area contributed by atoms with E-state index in [0.717, 1.165) is 13.8 Å². The van der Waals surface area contributed by atoms with Gasteiger partial charge >= 0.3 is 0 Å². The standard InChI is InChI=1S/C40H68N2O29/c1-9-19(49)23(53)26(56)37(61-9)69-32-17(41-11(3)47)35(60)63-15(7-45)30(32)67-36-18(42-12(4)48)33(70-38-27(57)24(54)20(50)10(2)62-38)31(16(8-46)66-36)68-40-29(59)34(22(52)14(6-44)65-40)71-39-28(58)25(55)21(51)13(5-43)64-39/h9-10,13-40,43-46,49-60H,5-8H2,1-4H3,(H,41,47)(H,42,48)/t9-,10-,13+,14+,15+,16+,17+,18+,19+,20+,21+,22+,23+,24+,25-,26-,27-,28-,29-,30+,31+,32+,33+,34-,35?,36-,37-,38-,39+,40-/m0/s1. The third-order valence-electron chi connectivity index (χ3n) is 13.2. The molecule has 30 atom stereocenters. The first kappa shape index (κ1) is 58.1. The summed E-state index contributed by atoms with van der Waals surface area (Å²) in [5.74, 6) is -1.66. The summed E-state index contributed by atoms with van der Waals surface area (Å²) >= 11 is 0. The van der Waals surface area contributed by atoms with Crippen LogP contribution in [0.3, 0.4) is 0 Å². The van der Waals surface area contributed by atoms with E-state index in [4.69, 9.17) is 52.1 Å². The zero-order chi connectivity index (χ0) is 52.5. The third-order valence-corrected chi connectivity index (χ3v) is 13.2. The Balaban J connectivity index is 1.39. The highest BCUT2D eigenvalue weighted by Gasteiger charge is 2.59. The Morgan fingerprint density at radius 2 is 0.704 bits per heavy atom. The maximum absolute atomic E-state index is 13.2. The lowest BCUT2D eigenvalue weighted by Gasteiger charge is -2.52. The van der Waals surface area contributed by atoms with Gasteiger partial charge in [-0.2, -0.15) is 0 Å². The van der Waals surface area contributed by atoms with E-state index in [-0.39, 0.29) is 0 Å². The van der Waals surface area contributed by atoms with Crippen molar-refractivity contribution in [2.45, 2.75) is 212 Å². The van der Waals surface area contributed by atoms with Crippen LogP contribution in [0.4, 0.5) is 0 Å². The minimum atomic E-state index is -2.21. The summed E-state index contributed by atoms with van der Waals surface area (Å²) in [6.07, 6.45) is -51.6. The van der Waals surface area contributed by atoms with E-state index in [0.29, 0.717) is 0 Å². The number of rotatable bonds is 16. The van der Waals surface area contributed by atoms with Crippen LogP contribution in [0.2, 0.25) is 0 Å². The molecule has 412 valence electrons. The average molecular weight is 1040 g/mol. The van der Waals surface area contributed by atoms with Gasteiger partial charge in [0.2, 0.25) is 11.8 Å². The van der Waals surface area contributed by atoms with Gasteiger partial charge in [-0.3, -0.25) is 9.59 Å². The van der Waals surface area contributed by atoms with Crippen molar-refractivity contribution < 1.29 is 143 Å². The molecule has 6 aliphatic heterocycles. The number of ether oxygens (including phenoxy) is 11. The molecular formula is C40H68N2O29. The van der Waals surface area contributed by atoms with Crippen LogP contribution in [0.5, 0.6) is 0 Å². The topological polar surface area (TPSA) is 483 Å². The van der Waals surface area contributed by atoms with Gasteiger partial charge in [-0.15, -0.1) is 0 Å². The second-order valence-corrected chi connectivity index (χ2v) is 18.2. The smallest absolute Gasteiger partial charge is 0.217 e. The Morgan fingerprint density at radius 3 is 1.17 bits per heavy atom. The summed E-state index contributed by atoms with van der Waals surface area (Å²) in [5, 5.41) is 176. The van der Waals surface area contributed by atoms with Gasteiger partial charge in [0.1, 0.15) is 134 Å². The molecule has 0 bridgehead atoms. The Bertz CT molecular complexity index is 1710. The van der Waals surface area contributed by atoms with Crippen molar-refractivity contribution in [1.29, 1.82) is 0 Å². The average Bonchev–Trinajstić information content (AvgIpc) is 3.33. The molecule has 2 amide bonds. The Hall–Kier alpha value is -2.14. The second kappa shape index (κ2) is 24.7. The Morgan fingerprint density at radius 1 is 0.366 bits per heavy atom. The van der Waals surface area contributed by atoms with E-state index in [1.54, 1.807) is 0 Å². The van der Waals surface area contributed by atoms with Crippen molar-refractivity contribution in [2.75, 3.05) is 26.4 Å². The fourth-order valence-electron chi connectivity index (χ4n) is 9.19. The fourth-order valence-corrected chi connectivity index (χ4v) is 9.19. The number of aliphatic hydroxyl groups is 16. The minimum absolute atomic E-state index is 0.781. The SMILES string of the molecule is CC(=O)N[C@H]1[C@H](O[C@H]2[C@H](O[C@@H]3O[C@@H](C)[C@@H](O)[C@@H](O)[C@@H]3O)[C@@H](NC(C)=O)C(O)O[C@@H]2CO)O[C@H](CO)[C@@H](O[C@@H]2O[C@H](CO)[C@@H](O)[C@H](O[C@H]3O[C@H](CO)[C@@H](O)[C@H](O)[C@@H]3O)[C@@H]2O)[C@@H]1O[C@@H]1O[C@@H](C)[C@@H](O)[C@@H](O)[C@@H]1O. The van der Waals surface area contributed by atoms with Crippen LogP contribution >= 0.6 is 0 Å². The molecule has 0 saturated carbocycles. The number of nitrogens with one attached hydrogen (secondary N) is 2. The summed E-state index contributed by atoms with van der Waals surface area (Å²) in [7, 11) is 0. The second-order valence-electron chi connectivity index (χ2n) is 18.2. The Kier molecular flexibility index (Phi) is 20.2. The van der Waals surface area contributed by atoms with Crippen LogP contribution in [0.1, 0.15) is 27.7 Å². The zero-order valence-electron chi connectivity index (χ0n) is 38.6. The first-order valence-corrected chi connectivity index (χ1v) is 22.8. The molecule has 0 aromatic heterocycles. The van der Waals surface area contributed by atoms with Crippen molar-refractivity contribution in [3.05, 3.63) is 0 Å². The molecule has 0 aliphatic carbocycles. The number of carbonyl (C=O) groups is 2. The molecule has 0 radical (unpaired) electrons. The molecule has 18 N–H and O–H groups in total. The van der Waals surface area contributed by atoms with Gasteiger partial charge in [-0.25, -0.2) is 0 Å². The molecule has 0 spiro atoms. The van der Waals surface area contributed by atoms with Crippen LogP contribution in [0.15, 0.2) is 0 Å². The molecule has 6 aliphatic rings. The molecule has 1 unspecified atom stereocenters. The predicted molar refractivity (Wildman–Crippen MR) is 220 cm³/mol. The number of carbonyl (C=O) groups excluding carboxylic acids is 2. The molecule has 6 fully saturated rings. The third kappa shape index (κ3) is 12.4. The number of hydrogen-bond acceptors (Lipinski definition) is 29. The van der Waals surface area contributed by atoms with Crippen molar-refractivity contribution >= 4 is 11.8 Å². The first-order chi connectivity index (χ1) is 33.5. The molecule has 0 aromatic rings. The van der Waals surface area contributed by atoms with Crippen molar-refractivity contribution in [2.24, 2.45) is 0 Å². The van der Waals surface area contributed by atoms with E-state index < -0.39 is 222 Å². The summed E-state index contributed by atoms with van der Waals surface area (Å²) in [4.78, 5) is 25.7. The van der Waals surface area contributed by atoms with Gasteiger partial charge in [0, 0.05) is 13.8 Å². The summed E-state index contributed by atoms with van der Waals surface area (Å²) in [5.41, 5.74) is 0. The molecule has 0 aromatic carbocycles. The van der Waals surface area contributed by atoms with Crippen LogP contribution in [0.25, 0.3) is 0 Å². The number of hydrogen-bond donors (Lipinski definition) is 18. The van der Waals surface area contributed by atoms with E-state index in [2.05, 4.69) is 10.6 Å². The lowest BCUT2D eigenvalue weighted by atomic mass is 9.93. The van der Waals surface area contributed by atoms with Gasteiger partial charge < -0.3 is 144 Å². The molecule has 6 rings (SSSR count). The van der Waals surface area contributed by atoms with Crippen molar-refractivity contribution in [1.82, 2.24) is 10.6 Å². The van der Waals surface area contributed by atoms with Crippen LogP contribution in [0, 0.1) is 0 Å². The molecule has 6 heterocycles. The number of amides is 2. The van der Waals surface area contributed by atoms with Crippen molar-refractivity contribution in [3.8, 4) is 0 Å². The van der Waals surface area contributed by atoms with E-state index in [1.165, 1.54) is 13.8 Å². The van der Waals surface area contributed by atoms with Gasteiger partial charge in [0.15, 0.2) is 37.7 Å². The maximum atomic E-state index is 13.2. The highest BCUT2D eigenvalue weighted by molar-refractivity contribution is 5.73. The lowest BCUT2D eigenvalue weighted by Crippen LogP contribution is -2.72. The van der Waals surface area contributed by atoms with E-state index in [1.807, 2.05) is 0 Å². The van der Waals surface area contributed by atoms with Gasteiger partial charge in [-0.1, -0.05) is 0 Å². The Labute approximate surface area is 403 Å². The highest BCUT2D eigenvalue weighted by atomic mass is 16.8. The summed E-state index contributed by atoms with van der Waals surface area (Å²) < 4.78 is 64.9. The fraction of sp³-hybridized carbons (Fsp3) is 0.950.